The van der Waals surface area contributed by atoms with E-state index in [4.69, 9.17) is 0 Å². The second kappa shape index (κ2) is 20.7. The summed E-state index contributed by atoms with van der Waals surface area (Å²) in [7, 11) is 0. The average molecular weight is 249 g/mol. The molecule has 4 heteroatoms. The quantitative estimate of drug-likeness (QED) is 0.513. The van der Waals surface area contributed by atoms with Crippen molar-refractivity contribution in [3.63, 3.8) is 0 Å². The Balaban J connectivity index is 0. The molecule has 0 aromatic heterocycles. The molecule has 32 valence electrons. The Hall–Kier alpha value is 1.89. The van der Waals surface area contributed by atoms with Gasteiger partial charge in [0.2, 0.25) is 0 Å². The Bertz CT molecular complexity index is 8.00. The summed E-state index contributed by atoms with van der Waals surface area (Å²) < 4.78 is 0. The van der Waals surface area contributed by atoms with Gasteiger partial charge in [-0.05, 0) is 0 Å². The molecule has 0 bridgehead atoms. The van der Waals surface area contributed by atoms with Gasteiger partial charge in [-0.1, -0.05) is 0 Å². The smallest absolute Gasteiger partial charge is 0 e. The Kier molecular flexibility index (Phi) is 204. The summed E-state index contributed by atoms with van der Waals surface area (Å²) in [5, 5.41) is 0. The van der Waals surface area contributed by atoms with E-state index < -0.39 is 0 Å². The summed E-state index contributed by atoms with van der Waals surface area (Å²) in [5.74, 6) is 0. The fourth-order valence-electron chi connectivity index (χ4n) is 0. The normalized spacial score (nSPS) is 0. The average Bonchev–Trinajstić information content (AvgIpc) is 0. The van der Waals surface area contributed by atoms with Crippen molar-refractivity contribution in [2.24, 2.45) is 0 Å². The van der Waals surface area contributed by atoms with Gasteiger partial charge in [0.25, 0.3) is 0 Å². The van der Waals surface area contributed by atoms with Crippen LogP contribution in [0.4, 0.5) is 0 Å². The van der Waals surface area contributed by atoms with E-state index in [0.29, 0.717) is 0 Å². The van der Waals surface area contributed by atoms with Crippen LogP contribution < -0.4 is 0 Å². The predicted molar refractivity (Wildman–Crippen MR) is 5.75 cm³/mol. The van der Waals surface area contributed by atoms with Crippen LogP contribution in [0.15, 0.2) is 0 Å². The summed E-state index contributed by atoms with van der Waals surface area (Å²) in [6, 6.07) is 0. The molecule has 0 saturated carbocycles. The first-order valence-corrected chi connectivity index (χ1v) is 0. The van der Waals surface area contributed by atoms with Crippen molar-refractivity contribution >= 4 is 11.0 Å². The van der Waals surface area contributed by atoms with Gasteiger partial charge in [-0.15, -0.1) is 0 Å². The van der Waals surface area contributed by atoms with Crippen molar-refractivity contribution < 1.29 is 54.0 Å². The molecule has 0 aliphatic heterocycles. The van der Waals surface area contributed by atoms with Crippen molar-refractivity contribution in [2.75, 3.05) is 0 Å². The number of hydrogen-bond donors (Lipinski definition) is 0. The molecule has 0 atom stereocenters. The topological polar surface area (TPSA) is 0 Å². The van der Waals surface area contributed by atoms with Crippen LogP contribution >= 0.6 is 0 Å². The zero-order valence-electron chi connectivity index (χ0n) is 1.49. The predicted octanol–water partition coefficient (Wildman–Crippen LogP) is -0.388. The Morgan fingerprint density at radius 3 is 1.00 bits per heavy atom. The molecule has 0 spiro atoms. The minimum absolute atomic E-state index is 0. The summed E-state index contributed by atoms with van der Waals surface area (Å²) >= 11 is 0. The van der Waals surface area contributed by atoms with E-state index >= 15 is 0 Å². The van der Waals surface area contributed by atoms with Gasteiger partial charge in [-0.25, -0.2) is 0 Å². The SMILES string of the molecule is [Fe].[Ni].[Pd].[Si]. The molecule has 0 aliphatic rings. The first-order chi connectivity index (χ1) is 0. The van der Waals surface area contributed by atoms with Gasteiger partial charge in [0.1, 0.15) is 0 Å². The molecule has 0 unspecified atom stereocenters. The third-order valence-corrected chi connectivity index (χ3v) is 0. The third kappa shape index (κ3) is 9.09. The molecule has 0 amide bonds. The zero-order valence-corrected chi connectivity index (χ0v) is 6.13. The van der Waals surface area contributed by atoms with Crippen LogP contribution in [-0.4, -0.2) is 11.0 Å². The van der Waals surface area contributed by atoms with Crippen LogP contribution in [0.1, 0.15) is 0 Å². The molecule has 0 rings (SSSR count). The van der Waals surface area contributed by atoms with Crippen LogP contribution in [0, 0.1) is 0 Å². The maximum absolute atomic E-state index is 0. The Morgan fingerprint density at radius 1 is 1.00 bits per heavy atom. The van der Waals surface area contributed by atoms with Gasteiger partial charge in [0.05, 0.1) is 0 Å². The molecule has 4 radical (unpaired) electrons. The molecule has 0 N–H and O–H groups in total. The van der Waals surface area contributed by atoms with Crippen molar-refractivity contribution in [2.45, 2.75) is 0 Å². The summed E-state index contributed by atoms with van der Waals surface area (Å²) in [5.41, 5.74) is 0. The van der Waals surface area contributed by atoms with Gasteiger partial charge >= 0.3 is 0 Å². The fraction of sp³-hybridized carbons (Fsp3) is 0. The zero-order chi connectivity index (χ0) is 0. The van der Waals surface area contributed by atoms with E-state index in [1.165, 1.54) is 0 Å². The number of rotatable bonds is 0. The first kappa shape index (κ1) is 39.4. The largest absolute Gasteiger partial charge is 0 e. The maximum Gasteiger partial charge on any atom is 0 e. The summed E-state index contributed by atoms with van der Waals surface area (Å²) in [6.07, 6.45) is 0. The minimum Gasteiger partial charge on any atom is 0 e. The van der Waals surface area contributed by atoms with Gasteiger partial charge in [-0.2, -0.15) is 0 Å². The van der Waals surface area contributed by atoms with Crippen molar-refractivity contribution in [3.05, 3.63) is 0 Å². The van der Waals surface area contributed by atoms with E-state index in [0.717, 1.165) is 0 Å². The van der Waals surface area contributed by atoms with Gasteiger partial charge < -0.3 is 0 Å². The molecular formula is FeNiPdSi. The number of hydrogen-bond acceptors (Lipinski definition) is 0. The standard InChI is InChI=1S/Fe.Ni.Pd.Si. The molecule has 0 heterocycles. The Morgan fingerprint density at radius 2 is 1.00 bits per heavy atom. The van der Waals surface area contributed by atoms with Crippen LogP contribution in [0.3, 0.4) is 0 Å². The molecule has 0 aromatic rings. The molecule has 0 nitrogen and oxygen atoms in total. The maximum atomic E-state index is 0. The van der Waals surface area contributed by atoms with Crippen LogP contribution in [0.2, 0.25) is 0 Å². The first-order valence-electron chi connectivity index (χ1n) is 0. The van der Waals surface area contributed by atoms with Gasteiger partial charge in [0.15, 0.2) is 0 Å². The van der Waals surface area contributed by atoms with E-state index in [1.54, 1.807) is 0 Å². The van der Waals surface area contributed by atoms with Crippen LogP contribution in [0.25, 0.3) is 0 Å². The second-order valence-electron chi connectivity index (χ2n) is 0. The van der Waals surface area contributed by atoms with Crippen LogP contribution in [0.5, 0.6) is 0 Å². The van der Waals surface area contributed by atoms with Gasteiger partial charge in [0, 0.05) is 64.9 Å². The van der Waals surface area contributed by atoms with E-state index in [9.17, 15) is 0 Å². The summed E-state index contributed by atoms with van der Waals surface area (Å²) in [4.78, 5) is 0. The molecule has 0 aromatic carbocycles. The van der Waals surface area contributed by atoms with E-state index in [2.05, 4.69) is 0 Å². The van der Waals surface area contributed by atoms with Gasteiger partial charge in [-0.3, -0.25) is 0 Å². The van der Waals surface area contributed by atoms with Crippen molar-refractivity contribution in [1.82, 2.24) is 0 Å². The van der Waals surface area contributed by atoms with Crippen molar-refractivity contribution in [3.8, 4) is 0 Å². The van der Waals surface area contributed by atoms with Crippen molar-refractivity contribution in [1.29, 1.82) is 0 Å². The molecule has 0 fully saturated rings. The summed E-state index contributed by atoms with van der Waals surface area (Å²) in [6.45, 7) is 0. The molecular weight excluding hydrogens is 249 g/mol. The molecule has 0 aliphatic carbocycles. The molecule has 4 heavy (non-hydrogen) atoms. The monoisotopic (exact) mass is 248 g/mol. The Labute approximate surface area is 64.6 Å². The fourth-order valence-corrected chi connectivity index (χ4v) is 0. The second-order valence-corrected chi connectivity index (χ2v) is 0. The third-order valence-electron chi connectivity index (χ3n) is 0. The molecule has 0 saturated heterocycles. The minimum atomic E-state index is 0. The van der Waals surface area contributed by atoms with E-state index in [1.807, 2.05) is 0 Å². The van der Waals surface area contributed by atoms with E-state index in [-0.39, 0.29) is 64.9 Å². The van der Waals surface area contributed by atoms with Crippen LogP contribution in [-0.2, 0) is 54.0 Å².